The molecule has 3 atom stereocenters. The molecule has 1 heteroatoms. The monoisotopic (exact) mass is 225 g/mol. The number of rotatable bonds is 6. The lowest BCUT2D eigenvalue weighted by molar-refractivity contribution is 0.209. The first-order valence-electron chi connectivity index (χ1n) is 7.50. The summed E-state index contributed by atoms with van der Waals surface area (Å²) in [6.07, 6.45) is 10.1. The number of hydrogen-bond donors (Lipinski definition) is 1. The zero-order chi connectivity index (χ0) is 11.8. The summed E-state index contributed by atoms with van der Waals surface area (Å²) in [5.41, 5.74) is 0. The van der Waals surface area contributed by atoms with Gasteiger partial charge in [-0.2, -0.15) is 0 Å². The minimum absolute atomic E-state index is 0.937. The normalized spacial score (nSPS) is 28.7. The second kappa shape index (κ2) is 8.11. The van der Waals surface area contributed by atoms with Crippen molar-refractivity contribution in [2.24, 2.45) is 17.8 Å². The van der Waals surface area contributed by atoms with Gasteiger partial charge in [0.25, 0.3) is 0 Å². The van der Waals surface area contributed by atoms with Crippen LogP contribution < -0.4 is 5.32 Å². The van der Waals surface area contributed by atoms with Gasteiger partial charge in [0, 0.05) is 0 Å². The van der Waals surface area contributed by atoms with E-state index in [4.69, 9.17) is 0 Å². The Labute approximate surface area is 102 Å². The van der Waals surface area contributed by atoms with Gasteiger partial charge in [-0.25, -0.2) is 0 Å². The van der Waals surface area contributed by atoms with E-state index in [1.165, 1.54) is 51.5 Å². The maximum Gasteiger partial charge on any atom is -0.00179 e. The highest BCUT2D eigenvalue weighted by molar-refractivity contribution is 4.79. The third-order valence-electron chi connectivity index (χ3n) is 4.35. The van der Waals surface area contributed by atoms with E-state index in [0.717, 1.165) is 24.3 Å². The molecule has 16 heavy (non-hydrogen) atoms. The molecule has 0 saturated heterocycles. The molecule has 0 aromatic heterocycles. The summed E-state index contributed by atoms with van der Waals surface area (Å²) >= 11 is 0. The van der Waals surface area contributed by atoms with E-state index >= 15 is 0 Å². The fourth-order valence-corrected chi connectivity index (χ4v) is 3.41. The van der Waals surface area contributed by atoms with Crippen LogP contribution in [0.1, 0.15) is 65.7 Å². The Morgan fingerprint density at radius 2 is 1.88 bits per heavy atom. The molecule has 1 rings (SSSR count). The molecule has 0 radical (unpaired) electrons. The van der Waals surface area contributed by atoms with Crippen LogP contribution in [-0.2, 0) is 0 Å². The summed E-state index contributed by atoms with van der Waals surface area (Å²) in [4.78, 5) is 0. The highest BCUT2D eigenvalue weighted by Gasteiger charge is 2.27. The van der Waals surface area contributed by atoms with E-state index in [9.17, 15) is 0 Å². The molecule has 0 heterocycles. The van der Waals surface area contributed by atoms with Crippen molar-refractivity contribution in [3.05, 3.63) is 0 Å². The van der Waals surface area contributed by atoms with Gasteiger partial charge in [-0.05, 0) is 43.7 Å². The second-order valence-electron chi connectivity index (χ2n) is 5.64. The van der Waals surface area contributed by atoms with Crippen molar-refractivity contribution in [2.75, 3.05) is 13.1 Å². The third-order valence-corrected chi connectivity index (χ3v) is 4.35. The molecule has 1 aliphatic rings. The summed E-state index contributed by atoms with van der Waals surface area (Å²) < 4.78 is 0. The Balaban J connectivity index is 2.50. The molecule has 0 aromatic rings. The fourth-order valence-electron chi connectivity index (χ4n) is 3.41. The first-order valence-corrected chi connectivity index (χ1v) is 7.50. The van der Waals surface area contributed by atoms with Crippen molar-refractivity contribution in [1.29, 1.82) is 0 Å². The Morgan fingerprint density at radius 1 is 1.12 bits per heavy atom. The van der Waals surface area contributed by atoms with Crippen molar-refractivity contribution in [3.8, 4) is 0 Å². The van der Waals surface area contributed by atoms with Crippen molar-refractivity contribution in [1.82, 2.24) is 5.32 Å². The Bertz CT molecular complexity index is 167. The molecule has 1 nitrogen and oxygen atoms in total. The van der Waals surface area contributed by atoms with Crippen LogP contribution in [0.2, 0.25) is 0 Å². The van der Waals surface area contributed by atoms with Gasteiger partial charge in [0.2, 0.25) is 0 Å². The lowest BCUT2D eigenvalue weighted by Crippen LogP contribution is -2.30. The molecule has 1 fully saturated rings. The van der Waals surface area contributed by atoms with Crippen molar-refractivity contribution in [3.63, 3.8) is 0 Å². The Kier molecular flexibility index (Phi) is 7.11. The maximum absolute atomic E-state index is 3.57. The molecule has 1 N–H and O–H groups in total. The minimum atomic E-state index is 0.937. The lowest BCUT2D eigenvalue weighted by atomic mass is 9.77. The molecule has 0 amide bonds. The predicted molar refractivity (Wildman–Crippen MR) is 72.7 cm³/mol. The van der Waals surface area contributed by atoms with E-state index in [2.05, 4.69) is 26.1 Å². The first kappa shape index (κ1) is 14.0. The fraction of sp³-hybridized carbons (Fsp3) is 1.00. The predicted octanol–water partition coefficient (Wildman–Crippen LogP) is 4.23. The number of nitrogens with one attached hydrogen (secondary N) is 1. The van der Waals surface area contributed by atoms with E-state index in [1.807, 2.05) is 0 Å². The van der Waals surface area contributed by atoms with Gasteiger partial charge in [0.05, 0.1) is 0 Å². The minimum Gasteiger partial charge on any atom is -0.317 e. The second-order valence-corrected chi connectivity index (χ2v) is 5.64. The van der Waals surface area contributed by atoms with Gasteiger partial charge in [-0.3, -0.25) is 0 Å². The van der Waals surface area contributed by atoms with Crippen LogP contribution in [0.25, 0.3) is 0 Å². The zero-order valence-corrected chi connectivity index (χ0v) is 11.6. The zero-order valence-electron chi connectivity index (χ0n) is 11.6. The quantitative estimate of drug-likeness (QED) is 0.667. The molecule has 0 aliphatic heterocycles. The third kappa shape index (κ3) is 4.45. The van der Waals surface area contributed by atoms with Gasteiger partial charge >= 0.3 is 0 Å². The highest BCUT2D eigenvalue weighted by Crippen LogP contribution is 2.35. The van der Waals surface area contributed by atoms with Crippen LogP contribution in [0.4, 0.5) is 0 Å². The molecule has 0 aromatic carbocycles. The van der Waals surface area contributed by atoms with Crippen molar-refractivity contribution in [2.45, 2.75) is 65.7 Å². The van der Waals surface area contributed by atoms with Crippen LogP contribution in [0.3, 0.4) is 0 Å². The number of hydrogen-bond acceptors (Lipinski definition) is 1. The van der Waals surface area contributed by atoms with Crippen LogP contribution in [0, 0.1) is 17.8 Å². The van der Waals surface area contributed by atoms with Gasteiger partial charge in [0.15, 0.2) is 0 Å². The van der Waals surface area contributed by atoms with Gasteiger partial charge < -0.3 is 5.32 Å². The van der Waals surface area contributed by atoms with E-state index in [-0.39, 0.29) is 0 Å². The molecular formula is C15H31N. The average Bonchev–Trinajstić information content (AvgIpc) is 2.51. The summed E-state index contributed by atoms with van der Waals surface area (Å²) in [5, 5.41) is 3.57. The van der Waals surface area contributed by atoms with Crippen molar-refractivity contribution >= 4 is 0 Å². The standard InChI is InChI=1S/C15H31N/c1-4-9-13(3)15-11-8-6-7-10-14(15)12-16-5-2/h13-16H,4-12H2,1-3H3. The molecule has 1 saturated carbocycles. The molecule has 0 spiro atoms. The summed E-state index contributed by atoms with van der Waals surface area (Å²) in [5.74, 6) is 2.87. The van der Waals surface area contributed by atoms with Crippen molar-refractivity contribution < 1.29 is 0 Å². The average molecular weight is 225 g/mol. The molecule has 1 aliphatic carbocycles. The smallest absolute Gasteiger partial charge is 0.00179 e. The lowest BCUT2D eigenvalue weighted by Gasteiger charge is -2.30. The Hall–Kier alpha value is -0.0400. The highest BCUT2D eigenvalue weighted by atomic mass is 14.8. The van der Waals surface area contributed by atoms with Gasteiger partial charge in [-0.1, -0.05) is 52.9 Å². The van der Waals surface area contributed by atoms with E-state index < -0.39 is 0 Å². The molecule has 0 bridgehead atoms. The Morgan fingerprint density at radius 3 is 2.56 bits per heavy atom. The van der Waals surface area contributed by atoms with Crippen LogP contribution in [-0.4, -0.2) is 13.1 Å². The first-order chi connectivity index (χ1) is 7.79. The van der Waals surface area contributed by atoms with E-state index in [1.54, 1.807) is 0 Å². The van der Waals surface area contributed by atoms with Gasteiger partial charge in [-0.15, -0.1) is 0 Å². The topological polar surface area (TPSA) is 12.0 Å². The van der Waals surface area contributed by atoms with Crippen LogP contribution in [0.5, 0.6) is 0 Å². The maximum atomic E-state index is 3.57. The van der Waals surface area contributed by atoms with Crippen LogP contribution in [0.15, 0.2) is 0 Å². The van der Waals surface area contributed by atoms with E-state index in [0.29, 0.717) is 0 Å². The SMILES string of the molecule is CCCC(C)C1CCCCCC1CNCC. The summed E-state index contributed by atoms with van der Waals surface area (Å²) in [6, 6.07) is 0. The van der Waals surface area contributed by atoms with Gasteiger partial charge in [0.1, 0.15) is 0 Å². The molecule has 96 valence electrons. The summed E-state index contributed by atoms with van der Waals surface area (Å²) in [7, 11) is 0. The summed E-state index contributed by atoms with van der Waals surface area (Å²) in [6.45, 7) is 9.42. The molecule has 3 unspecified atom stereocenters. The largest absolute Gasteiger partial charge is 0.317 e. The van der Waals surface area contributed by atoms with Crippen LogP contribution >= 0.6 is 0 Å². The molecular weight excluding hydrogens is 194 g/mol.